The van der Waals surface area contributed by atoms with Gasteiger partial charge in [-0.25, -0.2) is 0 Å². The highest BCUT2D eigenvalue weighted by Gasteiger charge is 2.38. The van der Waals surface area contributed by atoms with Gasteiger partial charge in [0.15, 0.2) is 0 Å². The number of nitrogens with one attached hydrogen (secondary N) is 1. The highest BCUT2D eigenvalue weighted by atomic mass is 15.2. The molecule has 2 rings (SSSR count). The lowest BCUT2D eigenvalue weighted by atomic mass is 9.80. The Morgan fingerprint density at radius 3 is 2.61 bits per heavy atom. The normalized spacial score (nSPS) is 34.3. The van der Waals surface area contributed by atoms with Gasteiger partial charge in [-0.15, -0.1) is 0 Å². The fourth-order valence-corrected chi connectivity index (χ4v) is 3.91. The highest BCUT2D eigenvalue weighted by Crippen LogP contribution is 2.37. The molecule has 2 aliphatic heterocycles. The Morgan fingerprint density at radius 1 is 1.33 bits per heavy atom. The van der Waals surface area contributed by atoms with Gasteiger partial charge in [0.2, 0.25) is 0 Å². The Morgan fingerprint density at radius 2 is 2.11 bits per heavy atom. The van der Waals surface area contributed by atoms with Gasteiger partial charge in [-0.3, -0.25) is 0 Å². The van der Waals surface area contributed by atoms with Crippen LogP contribution in [0, 0.1) is 16.7 Å². The van der Waals surface area contributed by atoms with E-state index in [1.807, 2.05) is 0 Å². The maximum atomic E-state index is 3.59. The average molecular weight is 252 g/mol. The van der Waals surface area contributed by atoms with E-state index in [4.69, 9.17) is 0 Å². The molecule has 0 aliphatic carbocycles. The summed E-state index contributed by atoms with van der Waals surface area (Å²) in [4.78, 5) is 2.75. The van der Waals surface area contributed by atoms with E-state index in [1.165, 1.54) is 58.4 Å². The number of hydrogen-bond donors (Lipinski definition) is 1. The lowest BCUT2D eigenvalue weighted by Crippen LogP contribution is -2.39. The zero-order valence-electron chi connectivity index (χ0n) is 12.9. The Labute approximate surface area is 114 Å². The van der Waals surface area contributed by atoms with Crippen molar-refractivity contribution >= 4 is 0 Å². The topological polar surface area (TPSA) is 15.3 Å². The average Bonchev–Trinajstić information content (AvgIpc) is 2.88. The molecular weight excluding hydrogens is 220 g/mol. The van der Waals surface area contributed by atoms with Crippen LogP contribution in [0.15, 0.2) is 0 Å². The van der Waals surface area contributed by atoms with Crippen LogP contribution in [0.2, 0.25) is 0 Å². The maximum Gasteiger partial charge on any atom is 0.00507 e. The van der Waals surface area contributed by atoms with Gasteiger partial charge in [0.1, 0.15) is 0 Å². The van der Waals surface area contributed by atoms with E-state index in [1.54, 1.807) is 0 Å². The standard InChI is InChI=1S/C16H32N2/c1-5-7-16(8-9-17-12-16)13-18-10-6-14(11-18)15(2,3)4/h14,17H,5-13H2,1-4H3. The molecule has 2 unspecified atom stereocenters. The predicted molar refractivity (Wildman–Crippen MR) is 78.8 cm³/mol. The molecule has 0 bridgehead atoms. The third-order valence-electron chi connectivity index (χ3n) is 5.17. The van der Waals surface area contributed by atoms with Crippen molar-refractivity contribution in [2.75, 3.05) is 32.7 Å². The molecule has 0 aromatic heterocycles. The first-order valence-electron chi connectivity index (χ1n) is 7.88. The van der Waals surface area contributed by atoms with Gasteiger partial charge in [-0.2, -0.15) is 0 Å². The van der Waals surface area contributed by atoms with Gasteiger partial charge in [0.05, 0.1) is 0 Å². The van der Waals surface area contributed by atoms with Crippen molar-refractivity contribution < 1.29 is 0 Å². The van der Waals surface area contributed by atoms with E-state index in [9.17, 15) is 0 Å². The Kier molecular flexibility index (Phi) is 4.38. The fourth-order valence-electron chi connectivity index (χ4n) is 3.91. The van der Waals surface area contributed by atoms with Crippen LogP contribution in [0.25, 0.3) is 0 Å². The zero-order valence-corrected chi connectivity index (χ0v) is 12.9. The summed E-state index contributed by atoms with van der Waals surface area (Å²) in [5.41, 5.74) is 1.07. The molecule has 0 amide bonds. The molecule has 0 aromatic rings. The summed E-state index contributed by atoms with van der Waals surface area (Å²) in [7, 11) is 0. The van der Waals surface area contributed by atoms with Gasteiger partial charge in [0, 0.05) is 19.6 Å². The smallest absolute Gasteiger partial charge is 0.00507 e. The molecule has 2 aliphatic rings. The molecule has 2 fully saturated rings. The molecule has 2 atom stereocenters. The van der Waals surface area contributed by atoms with Crippen LogP contribution in [0.1, 0.15) is 53.4 Å². The summed E-state index contributed by atoms with van der Waals surface area (Å²) < 4.78 is 0. The molecule has 0 radical (unpaired) electrons. The van der Waals surface area contributed by atoms with E-state index in [-0.39, 0.29) is 0 Å². The van der Waals surface area contributed by atoms with Crippen molar-refractivity contribution in [1.29, 1.82) is 0 Å². The first kappa shape index (κ1) is 14.3. The quantitative estimate of drug-likeness (QED) is 0.827. The number of hydrogen-bond acceptors (Lipinski definition) is 2. The van der Waals surface area contributed by atoms with E-state index in [2.05, 4.69) is 37.9 Å². The van der Waals surface area contributed by atoms with Gasteiger partial charge in [0.25, 0.3) is 0 Å². The molecule has 106 valence electrons. The highest BCUT2D eigenvalue weighted by molar-refractivity contribution is 4.93. The second kappa shape index (κ2) is 5.50. The Bertz CT molecular complexity index is 261. The third kappa shape index (κ3) is 3.27. The molecule has 2 heterocycles. The number of likely N-dealkylation sites (tertiary alicyclic amines) is 1. The van der Waals surface area contributed by atoms with Crippen LogP contribution in [0.3, 0.4) is 0 Å². The maximum absolute atomic E-state index is 3.59. The summed E-state index contributed by atoms with van der Waals surface area (Å²) in [6.07, 6.45) is 5.52. The Hall–Kier alpha value is -0.0800. The first-order valence-corrected chi connectivity index (χ1v) is 7.88. The van der Waals surface area contributed by atoms with Gasteiger partial charge in [-0.05, 0) is 49.1 Å². The molecule has 2 saturated heterocycles. The minimum Gasteiger partial charge on any atom is -0.316 e. The summed E-state index contributed by atoms with van der Waals surface area (Å²) >= 11 is 0. The fraction of sp³-hybridized carbons (Fsp3) is 1.00. The molecule has 0 saturated carbocycles. The predicted octanol–water partition coefficient (Wildman–Crippen LogP) is 3.13. The van der Waals surface area contributed by atoms with E-state index in [0.29, 0.717) is 10.8 Å². The lowest BCUT2D eigenvalue weighted by Gasteiger charge is -2.34. The van der Waals surface area contributed by atoms with E-state index in [0.717, 1.165) is 5.92 Å². The molecule has 0 aromatic carbocycles. The first-order chi connectivity index (χ1) is 8.45. The Balaban J connectivity index is 1.90. The molecule has 0 spiro atoms. The van der Waals surface area contributed by atoms with Crippen molar-refractivity contribution in [3.63, 3.8) is 0 Å². The molecular formula is C16H32N2. The van der Waals surface area contributed by atoms with Crippen molar-refractivity contribution in [1.82, 2.24) is 10.2 Å². The summed E-state index contributed by atoms with van der Waals surface area (Å²) in [6.45, 7) is 16.0. The molecule has 2 heteroatoms. The van der Waals surface area contributed by atoms with Crippen LogP contribution in [0.5, 0.6) is 0 Å². The van der Waals surface area contributed by atoms with Crippen LogP contribution < -0.4 is 5.32 Å². The molecule has 18 heavy (non-hydrogen) atoms. The van der Waals surface area contributed by atoms with Gasteiger partial charge >= 0.3 is 0 Å². The summed E-state index contributed by atoms with van der Waals surface area (Å²) in [5, 5.41) is 3.59. The van der Waals surface area contributed by atoms with E-state index < -0.39 is 0 Å². The summed E-state index contributed by atoms with van der Waals surface area (Å²) in [6, 6.07) is 0. The van der Waals surface area contributed by atoms with Crippen molar-refractivity contribution in [3.8, 4) is 0 Å². The van der Waals surface area contributed by atoms with Gasteiger partial charge < -0.3 is 10.2 Å². The van der Waals surface area contributed by atoms with Crippen LogP contribution in [-0.2, 0) is 0 Å². The lowest BCUT2D eigenvalue weighted by molar-refractivity contribution is 0.158. The zero-order chi connectivity index (χ0) is 13.2. The van der Waals surface area contributed by atoms with Crippen LogP contribution >= 0.6 is 0 Å². The SMILES string of the molecule is CCCC1(CN2CCC(C(C)(C)C)C2)CCNC1. The second-order valence-corrected chi connectivity index (χ2v) is 7.76. The van der Waals surface area contributed by atoms with Crippen LogP contribution in [0.4, 0.5) is 0 Å². The molecule has 2 nitrogen and oxygen atoms in total. The summed E-state index contributed by atoms with van der Waals surface area (Å²) in [5.74, 6) is 0.894. The largest absolute Gasteiger partial charge is 0.316 e. The van der Waals surface area contributed by atoms with Crippen molar-refractivity contribution in [2.45, 2.75) is 53.4 Å². The van der Waals surface area contributed by atoms with Crippen molar-refractivity contribution in [2.24, 2.45) is 16.7 Å². The number of rotatable bonds is 4. The third-order valence-corrected chi connectivity index (χ3v) is 5.17. The van der Waals surface area contributed by atoms with Gasteiger partial charge in [-0.1, -0.05) is 34.1 Å². The van der Waals surface area contributed by atoms with Crippen LogP contribution in [-0.4, -0.2) is 37.6 Å². The monoisotopic (exact) mass is 252 g/mol. The molecule has 1 N–H and O–H groups in total. The minimum absolute atomic E-state index is 0.487. The van der Waals surface area contributed by atoms with E-state index >= 15 is 0 Å². The minimum atomic E-state index is 0.487. The number of nitrogens with zero attached hydrogens (tertiary/aromatic N) is 1. The second-order valence-electron chi connectivity index (χ2n) is 7.76. The van der Waals surface area contributed by atoms with Crippen molar-refractivity contribution in [3.05, 3.63) is 0 Å².